The van der Waals surface area contributed by atoms with E-state index >= 15 is 0 Å². The molecule has 0 saturated heterocycles. The summed E-state index contributed by atoms with van der Waals surface area (Å²) in [4.78, 5) is 12.7. The molecule has 110 valence electrons. The van der Waals surface area contributed by atoms with Gasteiger partial charge >= 0.3 is 0 Å². The molecule has 2 nitrogen and oxygen atoms in total. The molecule has 3 heteroatoms. The number of aryl methyl sites for hydroxylation is 1. The number of hydrogen-bond acceptors (Lipinski definition) is 3. The number of carbonyl (C=O) groups excluding carboxylic acids is 1. The van der Waals surface area contributed by atoms with Crippen LogP contribution in [0.25, 0.3) is 0 Å². The van der Waals surface area contributed by atoms with Gasteiger partial charge in [0.15, 0.2) is 5.78 Å². The van der Waals surface area contributed by atoms with Gasteiger partial charge in [0.2, 0.25) is 0 Å². The van der Waals surface area contributed by atoms with Gasteiger partial charge in [-0.15, -0.1) is 11.8 Å². The summed E-state index contributed by atoms with van der Waals surface area (Å²) >= 11 is 1.75. The van der Waals surface area contributed by atoms with E-state index in [-0.39, 0.29) is 5.78 Å². The molecule has 2 rings (SSSR count). The Morgan fingerprint density at radius 2 is 1.86 bits per heavy atom. The number of ketones is 1. The highest BCUT2D eigenvalue weighted by molar-refractivity contribution is 7.98. The van der Waals surface area contributed by atoms with Gasteiger partial charge in [0, 0.05) is 21.8 Å². The van der Waals surface area contributed by atoms with Gasteiger partial charge in [-0.05, 0) is 51.1 Å². The van der Waals surface area contributed by atoms with Gasteiger partial charge in [0.05, 0.1) is 6.61 Å². The molecule has 0 aliphatic rings. The fourth-order valence-electron chi connectivity index (χ4n) is 2.00. The van der Waals surface area contributed by atoms with Crippen molar-refractivity contribution in [3.05, 3.63) is 59.2 Å². The van der Waals surface area contributed by atoms with Crippen LogP contribution in [0.2, 0.25) is 0 Å². The van der Waals surface area contributed by atoms with E-state index in [0.717, 1.165) is 22.6 Å². The third-order valence-electron chi connectivity index (χ3n) is 3.18. The summed E-state index contributed by atoms with van der Waals surface area (Å²) in [6.45, 7) is 6.27. The molecule has 0 radical (unpaired) electrons. The lowest BCUT2D eigenvalue weighted by Gasteiger charge is -2.11. The van der Waals surface area contributed by atoms with Crippen LogP contribution in [0.15, 0.2) is 47.4 Å². The Kier molecular flexibility index (Phi) is 5.45. The lowest BCUT2D eigenvalue weighted by Crippen LogP contribution is -1.99. The number of rotatable bonds is 6. The molecule has 0 unspecified atom stereocenters. The van der Waals surface area contributed by atoms with E-state index < -0.39 is 0 Å². The highest BCUT2D eigenvalue weighted by Crippen LogP contribution is 2.29. The average Bonchev–Trinajstić information content (AvgIpc) is 2.48. The molecule has 0 atom stereocenters. The van der Waals surface area contributed by atoms with Crippen molar-refractivity contribution >= 4 is 17.5 Å². The van der Waals surface area contributed by atoms with Crippen LogP contribution in [0, 0.1) is 6.92 Å². The molecule has 0 spiro atoms. The van der Waals surface area contributed by atoms with Gasteiger partial charge in [-0.3, -0.25) is 4.79 Å². The molecule has 2 aromatic rings. The van der Waals surface area contributed by atoms with Gasteiger partial charge in [-0.25, -0.2) is 0 Å². The third kappa shape index (κ3) is 4.36. The van der Waals surface area contributed by atoms with Gasteiger partial charge in [-0.2, -0.15) is 0 Å². The van der Waals surface area contributed by atoms with Crippen molar-refractivity contribution in [1.29, 1.82) is 0 Å². The van der Waals surface area contributed by atoms with Crippen molar-refractivity contribution in [2.75, 3.05) is 6.61 Å². The molecule has 0 aliphatic carbocycles. The number of carbonyl (C=O) groups is 1. The first-order valence-electron chi connectivity index (χ1n) is 7.06. The molecule has 2 aromatic carbocycles. The zero-order valence-corrected chi connectivity index (χ0v) is 13.5. The van der Waals surface area contributed by atoms with Crippen LogP contribution in [0.1, 0.15) is 35.3 Å². The van der Waals surface area contributed by atoms with Crippen molar-refractivity contribution < 1.29 is 9.53 Å². The Bertz CT molecular complexity index is 618. The normalized spacial score (nSPS) is 10.4. The molecule has 21 heavy (non-hydrogen) atoms. The fourth-order valence-corrected chi connectivity index (χ4v) is 2.88. The van der Waals surface area contributed by atoms with Gasteiger partial charge in [-0.1, -0.05) is 17.7 Å². The van der Waals surface area contributed by atoms with Gasteiger partial charge in [0.1, 0.15) is 5.75 Å². The van der Waals surface area contributed by atoms with E-state index in [0.29, 0.717) is 6.61 Å². The van der Waals surface area contributed by atoms with Crippen LogP contribution in [-0.4, -0.2) is 12.4 Å². The first-order valence-corrected chi connectivity index (χ1v) is 8.05. The first kappa shape index (κ1) is 15.6. The molecule has 0 amide bonds. The van der Waals surface area contributed by atoms with Crippen LogP contribution >= 0.6 is 11.8 Å². The molecule has 0 N–H and O–H groups in total. The van der Waals surface area contributed by atoms with Crippen molar-refractivity contribution in [3.8, 4) is 5.75 Å². The molecular formula is C18H20O2S. The van der Waals surface area contributed by atoms with E-state index in [1.807, 2.05) is 25.1 Å². The summed E-state index contributed by atoms with van der Waals surface area (Å²) in [6.07, 6.45) is 0. The largest absolute Gasteiger partial charge is 0.494 e. The van der Waals surface area contributed by atoms with Gasteiger partial charge in [0.25, 0.3) is 0 Å². The second-order valence-corrected chi connectivity index (χ2v) is 5.96. The quantitative estimate of drug-likeness (QED) is 0.561. The second kappa shape index (κ2) is 7.32. The highest BCUT2D eigenvalue weighted by atomic mass is 32.2. The molecule has 0 saturated carbocycles. The van der Waals surface area contributed by atoms with Crippen molar-refractivity contribution in [3.63, 3.8) is 0 Å². The molecule has 0 aliphatic heterocycles. The lowest BCUT2D eigenvalue weighted by atomic mass is 10.1. The molecule has 0 aromatic heterocycles. The third-order valence-corrected chi connectivity index (χ3v) is 4.24. The standard InChI is InChI=1S/C18H20O2S/c1-4-20-18-10-7-15(14(3)19)11-16(18)12-21-17-8-5-13(2)6-9-17/h5-11H,4,12H2,1-3H3. The summed E-state index contributed by atoms with van der Waals surface area (Å²) in [5.41, 5.74) is 3.06. The first-order chi connectivity index (χ1) is 10.1. The molecule has 0 fully saturated rings. The Hall–Kier alpha value is -1.74. The van der Waals surface area contributed by atoms with E-state index in [2.05, 4.69) is 31.2 Å². The zero-order valence-electron chi connectivity index (χ0n) is 12.7. The Morgan fingerprint density at radius 1 is 1.14 bits per heavy atom. The maximum atomic E-state index is 11.5. The number of hydrogen-bond donors (Lipinski definition) is 0. The van der Waals surface area contributed by atoms with E-state index in [9.17, 15) is 4.79 Å². The number of benzene rings is 2. The SMILES string of the molecule is CCOc1ccc(C(C)=O)cc1CSc1ccc(C)cc1. The zero-order chi connectivity index (χ0) is 15.2. The summed E-state index contributed by atoms with van der Waals surface area (Å²) in [7, 11) is 0. The van der Waals surface area contributed by atoms with E-state index in [1.165, 1.54) is 10.5 Å². The van der Waals surface area contributed by atoms with Crippen LogP contribution < -0.4 is 4.74 Å². The maximum absolute atomic E-state index is 11.5. The van der Waals surface area contributed by atoms with E-state index in [1.54, 1.807) is 18.7 Å². The molecular weight excluding hydrogens is 280 g/mol. The number of ether oxygens (including phenoxy) is 1. The van der Waals surface area contributed by atoms with Crippen LogP contribution in [0.3, 0.4) is 0 Å². The lowest BCUT2D eigenvalue weighted by molar-refractivity contribution is 0.101. The number of Topliss-reactive ketones (excluding diaryl/α,β-unsaturated/α-hetero) is 1. The van der Waals surface area contributed by atoms with Crippen LogP contribution in [0.4, 0.5) is 0 Å². The monoisotopic (exact) mass is 300 g/mol. The van der Waals surface area contributed by atoms with Crippen molar-refractivity contribution in [2.45, 2.75) is 31.4 Å². The number of thioether (sulfide) groups is 1. The smallest absolute Gasteiger partial charge is 0.159 e. The maximum Gasteiger partial charge on any atom is 0.159 e. The summed E-state index contributed by atoms with van der Waals surface area (Å²) < 4.78 is 5.65. The summed E-state index contributed by atoms with van der Waals surface area (Å²) in [5.74, 6) is 1.74. The van der Waals surface area contributed by atoms with Crippen molar-refractivity contribution in [2.24, 2.45) is 0 Å². The summed E-state index contributed by atoms with van der Waals surface area (Å²) in [5, 5.41) is 0. The van der Waals surface area contributed by atoms with Crippen molar-refractivity contribution in [1.82, 2.24) is 0 Å². The summed E-state index contributed by atoms with van der Waals surface area (Å²) in [6, 6.07) is 14.1. The predicted octanol–water partition coefficient (Wildman–Crippen LogP) is 4.89. The van der Waals surface area contributed by atoms with E-state index in [4.69, 9.17) is 4.74 Å². The highest BCUT2D eigenvalue weighted by Gasteiger charge is 2.08. The molecule has 0 bridgehead atoms. The molecule has 0 heterocycles. The Balaban J connectivity index is 2.17. The Labute approximate surface area is 130 Å². The minimum absolute atomic E-state index is 0.0830. The fraction of sp³-hybridized carbons (Fsp3) is 0.278. The van der Waals surface area contributed by atoms with Gasteiger partial charge < -0.3 is 4.74 Å². The van der Waals surface area contributed by atoms with Crippen LogP contribution in [-0.2, 0) is 5.75 Å². The van der Waals surface area contributed by atoms with Crippen LogP contribution in [0.5, 0.6) is 5.75 Å². The topological polar surface area (TPSA) is 26.3 Å². The second-order valence-electron chi connectivity index (χ2n) is 4.91. The Morgan fingerprint density at radius 3 is 2.48 bits per heavy atom. The average molecular weight is 300 g/mol. The minimum Gasteiger partial charge on any atom is -0.494 e. The minimum atomic E-state index is 0.0830. The predicted molar refractivity (Wildman–Crippen MR) is 88.4 cm³/mol.